The van der Waals surface area contributed by atoms with E-state index in [-0.39, 0.29) is 28.2 Å². The summed E-state index contributed by atoms with van der Waals surface area (Å²) in [5.41, 5.74) is 12.6. The van der Waals surface area contributed by atoms with Crippen LogP contribution in [-0.4, -0.2) is 40.0 Å². The predicted octanol–water partition coefficient (Wildman–Crippen LogP) is 4.40. The lowest BCUT2D eigenvalue weighted by Crippen LogP contribution is -2.31. The number of aromatic amines is 3. The molecule has 6 rings (SSSR count). The molecule has 17 heteroatoms. The van der Waals surface area contributed by atoms with Crippen LogP contribution in [0.2, 0.25) is 0 Å². The molecule has 2 aromatic carbocycles. The minimum atomic E-state index is -0.796. The first-order chi connectivity index (χ1) is 22.9. The molecule has 1 aliphatic rings. The van der Waals surface area contributed by atoms with E-state index >= 15 is 0 Å². The van der Waals surface area contributed by atoms with E-state index in [1.165, 1.54) is 42.4 Å². The minimum absolute atomic E-state index is 0.0660. The third-order valence-corrected chi connectivity index (χ3v) is 6.85. The van der Waals surface area contributed by atoms with Gasteiger partial charge in [0, 0.05) is 35.1 Å². The molecule has 3 aromatic heterocycles. The largest absolute Gasteiger partial charge is 0.508 e. The van der Waals surface area contributed by atoms with E-state index in [0.717, 1.165) is 5.69 Å². The smallest absolute Gasteiger partial charge is 0.275 e. The molecule has 5 aromatic rings. The lowest BCUT2D eigenvalue weighted by atomic mass is 10.1. The first kappa shape index (κ1) is 34.8. The van der Waals surface area contributed by atoms with E-state index in [2.05, 4.69) is 45.9 Å². The van der Waals surface area contributed by atoms with E-state index in [1.54, 1.807) is 30.4 Å². The topological polar surface area (TPSA) is 246 Å². The van der Waals surface area contributed by atoms with Crippen LogP contribution in [0.3, 0.4) is 0 Å². The number of aromatic nitrogens is 6. The van der Waals surface area contributed by atoms with Crippen LogP contribution in [0.4, 0.5) is 40.6 Å². The summed E-state index contributed by atoms with van der Waals surface area (Å²) in [6, 6.07) is 15.5. The number of allylic oxidation sites excluding steroid dienone is 2. The van der Waals surface area contributed by atoms with Gasteiger partial charge in [-0.1, -0.05) is 47.0 Å². The summed E-state index contributed by atoms with van der Waals surface area (Å²) in [6.07, 6.45) is 9.76. The Morgan fingerprint density at radius 2 is 1.33 bits per heavy atom. The summed E-state index contributed by atoms with van der Waals surface area (Å²) in [5.74, 6) is 1.18. The lowest BCUT2D eigenvalue weighted by molar-refractivity contribution is 0.475. The van der Waals surface area contributed by atoms with E-state index in [4.69, 9.17) is 39.8 Å². The standard InChI is InChI=1S/C11H12N4O.C10H9Cl2N3O.C10H10N4O2/c1-7-2-4-8(5-3-7)14-11-13-6-9(12)10(16)15-11;11-7-1-4-10(12,5-2-7)15-9-13-6-3-8(16)14-9;11-8-5-12-10(14-9(8)16)13-6-1-3-7(15)4-2-6/h2-6H,12H2,1H3,(H2,13,14,15,16);1-4,6H,5H2,(H2,13,14,15,16);1-5,15H,11H2,(H2,12,13,14,16). The zero-order valence-corrected chi connectivity index (χ0v) is 26.8. The fraction of sp³-hybridized carbons (Fsp3) is 0.0968. The van der Waals surface area contributed by atoms with Crippen molar-refractivity contribution in [2.45, 2.75) is 18.3 Å². The number of benzene rings is 2. The van der Waals surface area contributed by atoms with Crippen LogP contribution in [-0.2, 0) is 0 Å². The van der Waals surface area contributed by atoms with Gasteiger partial charge >= 0.3 is 0 Å². The average molecular weight is 693 g/mol. The second-order valence-corrected chi connectivity index (χ2v) is 11.2. The summed E-state index contributed by atoms with van der Waals surface area (Å²) in [4.78, 5) is 52.0. The van der Waals surface area contributed by atoms with Crippen LogP contribution in [0.5, 0.6) is 5.75 Å². The number of alkyl halides is 1. The highest BCUT2D eigenvalue weighted by Crippen LogP contribution is 2.29. The zero-order valence-electron chi connectivity index (χ0n) is 25.3. The maximum absolute atomic E-state index is 11.2. The zero-order chi connectivity index (χ0) is 34.7. The molecular formula is C31H31Cl2N11O4. The van der Waals surface area contributed by atoms with Gasteiger partial charge in [0.1, 0.15) is 22.1 Å². The second kappa shape index (κ2) is 16.0. The van der Waals surface area contributed by atoms with Crippen LogP contribution in [0.15, 0.2) is 111 Å². The lowest BCUT2D eigenvalue weighted by Gasteiger charge is -2.25. The summed E-state index contributed by atoms with van der Waals surface area (Å²) in [7, 11) is 0. The van der Waals surface area contributed by atoms with Gasteiger partial charge in [-0.05, 0) is 55.5 Å². The van der Waals surface area contributed by atoms with Crippen LogP contribution >= 0.6 is 23.2 Å². The molecule has 1 aliphatic carbocycles. The van der Waals surface area contributed by atoms with Crippen molar-refractivity contribution in [3.05, 3.63) is 133 Å². The van der Waals surface area contributed by atoms with E-state index in [0.29, 0.717) is 35.0 Å². The van der Waals surface area contributed by atoms with Crippen molar-refractivity contribution in [3.63, 3.8) is 0 Å². The Kier molecular flexibility index (Phi) is 11.6. The molecule has 0 spiro atoms. The number of phenolic OH excluding ortho intramolecular Hbond substituents is 1. The maximum atomic E-state index is 11.2. The number of phenols is 1. The number of aryl methyl sites for hydroxylation is 1. The predicted molar refractivity (Wildman–Crippen MR) is 189 cm³/mol. The third-order valence-electron chi connectivity index (χ3n) is 6.20. The SMILES string of the molecule is Cc1ccc(Nc2ncc(N)c(=O)[nH]2)cc1.Nc1cnc(Nc2ccc(O)cc2)[nH]c1=O.O=c1ccnc(NC2(Cl)C=CC(Cl)=CC2)[nH]1. The van der Waals surface area contributed by atoms with Gasteiger partial charge < -0.3 is 32.5 Å². The van der Waals surface area contributed by atoms with Gasteiger partial charge in [0.2, 0.25) is 17.8 Å². The van der Waals surface area contributed by atoms with Crippen molar-refractivity contribution in [3.8, 4) is 5.75 Å². The number of nitrogens with one attached hydrogen (secondary N) is 6. The Bertz CT molecular complexity index is 1980. The average Bonchev–Trinajstić information content (AvgIpc) is 3.05. The van der Waals surface area contributed by atoms with Gasteiger partial charge in [0.15, 0.2) is 0 Å². The number of nitrogen functional groups attached to an aromatic ring is 2. The highest BCUT2D eigenvalue weighted by atomic mass is 35.5. The molecule has 0 radical (unpaired) electrons. The van der Waals surface area contributed by atoms with Crippen LogP contribution < -0.4 is 44.1 Å². The van der Waals surface area contributed by atoms with Crippen molar-refractivity contribution in [1.82, 2.24) is 29.9 Å². The van der Waals surface area contributed by atoms with Gasteiger partial charge in [0.05, 0.1) is 12.4 Å². The van der Waals surface area contributed by atoms with E-state index < -0.39 is 10.6 Å². The quantitative estimate of drug-likeness (QED) is 0.0683. The molecule has 1 unspecified atom stereocenters. The Morgan fingerprint density at radius 3 is 1.81 bits per heavy atom. The number of hydrogen-bond donors (Lipinski definition) is 9. The molecule has 0 aliphatic heterocycles. The summed E-state index contributed by atoms with van der Waals surface area (Å²) >= 11 is 12.1. The second-order valence-electron chi connectivity index (χ2n) is 10.1. The Labute approximate surface area is 282 Å². The molecular weight excluding hydrogens is 661 g/mol. The molecule has 0 fully saturated rings. The Hall–Kier alpha value is -6.06. The summed E-state index contributed by atoms with van der Waals surface area (Å²) in [5, 5.41) is 18.5. The molecule has 248 valence electrons. The van der Waals surface area contributed by atoms with Gasteiger partial charge in [-0.2, -0.15) is 0 Å². The van der Waals surface area contributed by atoms with Crippen molar-refractivity contribution in [1.29, 1.82) is 0 Å². The Balaban J connectivity index is 0.000000163. The number of anilines is 7. The highest BCUT2D eigenvalue weighted by Gasteiger charge is 2.25. The van der Waals surface area contributed by atoms with Gasteiger partial charge in [-0.3, -0.25) is 29.3 Å². The van der Waals surface area contributed by atoms with Gasteiger partial charge in [0.25, 0.3) is 16.7 Å². The van der Waals surface area contributed by atoms with Crippen LogP contribution in [0.1, 0.15) is 12.0 Å². The van der Waals surface area contributed by atoms with Crippen LogP contribution in [0.25, 0.3) is 0 Å². The number of nitrogens with two attached hydrogens (primary N) is 2. The fourth-order valence-electron chi connectivity index (χ4n) is 3.71. The number of halogens is 2. The normalized spacial score (nSPS) is 14.7. The fourth-order valence-corrected chi connectivity index (χ4v) is 4.08. The molecule has 0 saturated heterocycles. The number of hydrogen-bond acceptors (Lipinski definition) is 12. The minimum Gasteiger partial charge on any atom is -0.508 e. The molecule has 11 N–H and O–H groups in total. The Morgan fingerprint density at radius 1 is 0.792 bits per heavy atom. The monoisotopic (exact) mass is 691 g/mol. The molecule has 15 nitrogen and oxygen atoms in total. The first-order valence-corrected chi connectivity index (χ1v) is 14.8. The molecule has 3 heterocycles. The summed E-state index contributed by atoms with van der Waals surface area (Å²) in [6.45, 7) is 2.01. The number of nitrogens with zero attached hydrogens (tertiary/aromatic N) is 3. The van der Waals surface area contributed by atoms with Crippen LogP contribution in [0, 0.1) is 6.92 Å². The van der Waals surface area contributed by atoms with Crippen molar-refractivity contribution in [2.75, 3.05) is 27.4 Å². The van der Waals surface area contributed by atoms with Gasteiger partial charge in [-0.25, -0.2) is 15.0 Å². The molecule has 0 saturated carbocycles. The van der Waals surface area contributed by atoms with Crippen molar-refractivity contribution in [2.24, 2.45) is 0 Å². The maximum Gasteiger partial charge on any atom is 0.275 e. The first-order valence-electron chi connectivity index (χ1n) is 14.0. The number of aromatic hydroxyl groups is 1. The highest BCUT2D eigenvalue weighted by molar-refractivity contribution is 6.32. The van der Waals surface area contributed by atoms with E-state index in [9.17, 15) is 14.4 Å². The summed E-state index contributed by atoms with van der Waals surface area (Å²) < 4.78 is 0. The van der Waals surface area contributed by atoms with Crippen molar-refractivity contribution >= 4 is 63.8 Å². The molecule has 0 bridgehead atoms. The number of H-pyrrole nitrogens is 3. The molecule has 1 atom stereocenters. The van der Waals surface area contributed by atoms with Gasteiger partial charge in [-0.15, -0.1) is 0 Å². The number of rotatable bonds is 6. The van der Waals surface area contributed by atoms with Crippen molar-refractivity contribution < 1.29 is 5.11 Å². The molecule has 48 heavy (non-hydrogen) atoms. The third kappa shape index (κ3) is 10.8. The van der Waals surface area contributed by atoms with E-state index in [1.807, 2.05) is 31.2 Å². The molecule has 0 amide bonds.